The van der Waals surface area contributed by atoms with Crippen molar-refractivity contribution in [2.75, 3.05) is 6.61 Å². The minimum atomic E-state index is -7.52. The number of allylic oxidation sites excluding steroid dienone is 2. The molecule has 5 unspecified atom stereocenters. The molecular weight excluding hydrogens is 515 g/mol. The van der Waals surface area contributed by atoms with Crippen LogP contribution in [0.4, 0.5) is 57.1 Å². The molecule has 0 aromatic heterocycles. The zero-order valence-electron chi connectivity index (χ0n) is 16.2. The molecule has 2 aliphatic carbocycles. The number of rotatable bonds is 6. The smallest absolute Gasteiger partial charge is 0.443 e. The summed E-state index contributed by atoms with van der Waals surface area (Å²) in [6, 6.07) is 0. The van der Waals surface area contributed by atoms with E-state index < -0.39 is 78.0 Å². The van der Waals surface area contributed by atoms with E-state index in [1.807, 2.05) is 0 Å². The Morgan fingerprint density at radius 1 is 1.00 bits per heavy atom. The van der Waals surface area contributed by atoms with E-state index in [4.69, 9.17) is 0 Å². The van der Waals surface area contributed by atoms with E-state index in [2.05, 4.69) is 9.47 Å². The van der Waals surface area contributed by atoms with Crippen molar-refractivity contribution in [3.8, 4) is 0 Å². The molecule has 3 aliphatic rings. The molecule has 1 N–H and O–H groups in total. The van der Waals surface area contributed by atoms with Crippen molar-refractivity contribution in [3.63, 3.8) is 0 Å². The predicted molar refractivity (Wildman–Crippen MR) is 80.4 cm³/mol. The van der Waals surface area contributed by atoms with Crippen LogP contribution >= 0.6 is 0 Å². The van der Waals surface area contributed by atoms with E-state index in [9.17, 15) is 67.0 Å². The first-order chi connectivity index (χ1) is 15.1. The molecule has 4 nitrogen and oxygen atoms in total. The Labute approximate surface area is 180 Å². The van der Waals surface area contributed by atoms with E-state index in [-0.39, 0.29) is 12.8 Å². The summed E-state index contributed by atoms with van der Waals surface area (Å²) in [6.07, 6.45) is -9.74. The minimum absolute atomic E-state index is 0.127. The van der Waals surface area contributed by atoms with Crippen LogP contribution in [0.5, 0.6) is 0 Å². The van der Waals surface area contributed by atoms with E-state index in [1.54, 1.807) is 0 Å². The van der Waals surface area contributed by atoms with Crippen molar-refractivity contribution in [1.82, 2.24) is 0 Å². The summed E-state index contributed by atoms with van der Waals surface area (Å²) >= 11 is 0. The first-order valence-electron chi connectivity index (χ1n) is 9.24. The van der Waals surface area contributed by atoms with Crippen LogP contribution < -0.4 is 0 Å². The molecule has 5 atom stereocenters. The third kappa shape index (κ3) is 3.10. The van der Waals surface area contributed by atoms with Crippen LogP contribution in [0.15, 0.2) is 12.2 Å². The van der Waals surface area contributed by atoms with Gasteiger partial charge in [-0.3, -0.25) is 4.79 Å². The van der Waals surface area contributed by atoms with Crippen molar-refractivity contribution in [1.29, 1.82) is 0 Å². The predicted octanol–water partition coefficient (Wildman–Crippen LogP) is 4.57. The monoisotopic (exact) mass is 528 g/mol. The number of halogens is 13. The lowest BCUT2D eigenvalue weighted by atomic mass is 9.80. The lowest BCUT2D eigenvalue weighted by Crippen LogP contribution is -2.76. The fraction of sp³-hybridized carbons (Fsp3) is 0.824. The molecule has 196 valence electrons. The average molecular weight is 528 g/mol. The van der Waals surface area contributed by atoms with Crippen molar-refractivity contribution in [2.24, 2.45) is 17.8 Å². The van der Waals surface area contributed by atoms with E-state index in [0.29, 0.717) is 0 Å². The van der Waals surface area contributed by atoms with Crippen LogP contribution in [0.2, 0.25) is 0 Å². The van der Waals surface area contributed by atoms with Gasteiger partial charge < -0.3 is 14.6 Å². The second-order valence-corrected chi connectivity index (χ2v) is 8.21. The summed E-state index contributed by atoms with van der Waals surface area (Å²) in [5.74, 6) is -40.0. The van der Waals surface area contributed by atoms with Gasteiger partial charge in [-0.25, -0.2) is 8.78 Å². The van der Waals surface area contributed by atoms with Gasteiger partial charge in [0, 0.05) is 0 Å². The third-order valence-corrected chi connectivity index (χ3v) is 6.25. The Hall–Kier alpha value is -1.78. The normalized spacial score (nSPS) is 35.9. The number of hydrogen-bond acceptors (Lipinski definition) is 4. The Kier molecular flexibility index (Phi) is 5.81. The molecule has 0 radical (unpaired) electrons. The van der Waals surface area contributed by atoms with E-state index in [0.717, 1.165) is 0 Å². The molecule has 1 aliphatic heterocycles. The SMILES string of the molecule is O=C(OC1(C(F)(F)C(F)(F)C(F)(F)C(F)F)COC(O)(C(F)(F)F)C1(F)F)C1CC2C=CC1C2. The van der Waals surface area contributed by atoms with E-state index >= 15 is 0 Å². The van der Waals surface area contributed by atoms with Gasteiger partial charge in [0.15, 0.2) is 0 Å². The maximum atomic E-state index is 14.8. The highest BCUT2D eigenvalue weighted by atomic mass is 19.4. The molecule has 2 fully saturated rings. The Morgan fingerprint density at radius 2 is 1.56 bits per heavy atom. The lowest BCUT2D eigenvalue weighted by Gasteiger charge is -2.45. The summed E-state index contributed by atoms with van der Waals surface area (Å²) in [6.45, 7) is -3.10. The van der Waals surface area contributed by atoms with Crippen LogP contribution in [0, 0.1) is 17.8 Å². The number of fused-ring (bicyclic) bond motifs is 2. The molecule has 0 amide bonds. The topological polar surface area (TPSA) is 55.8 Å². The summed E-state index contributed by atoms with van der Waals surface area (Å²) < 4.78 is 185. The maximum Gasteiger partial charge on any atom is 0.449 e. The molecule has 2 bridgehead atoms. The highest BCUT2D eigenvalue weighted by Gasteiger charge is 2.95. The van der Waals surface area contributed by atoms with Crippen LogP contribution in [-0.4, -0.2) is 65.4 Å². The third-order valence-electron chi connectivity index (χ3n) is 6.25. The molecular formula is C17H13F13O4. The van der Waals surface area contributed by atoms with Gasteiger partial charge in [0.1, 0.15) is 6.61 Å². The molecule has 34 heavy (non-hydrogen) atoms. The molecule has 1 heterocycles. The fourth-order valence-electron chi connectivity index (χ4n) is 4.27. The number of aliphatic hydroxyl groups is 1. The van der Waals surface area contributed by atoms with Crippen molar-refractivity contribution in [3.05, 3.63) is 12.2 Å². The van der Waals surface area contributed by atoms with Gasteiger partial charge in [-0.05, 0) is 24.7 Å². The van der Waals surface area contributed by atoms with Gasteiger partial charge in [-0.15, -0.1) is 0 Å². The van der Waals surface area contributed by atoms with Crippen LogP contribution in [-0.2, 0) is 14.3 Å². The number of carbonyl (C=O) groups excluding carboxylic acids is 1. The Balaban J connectivity index is 2.17. The van der Waals surface area contributed by atoms with Gasteiger partial charge in [-0.1, -0.05) is 12.2 Å². The number of esters is 1. The Bertz CT molecular complexity index is 870. The summed E-state index contributed by atoms with van der Waals surface area (Å²) in [5.41, 5.74) is -5.96. The second-order valence-electron chi connectivity index (χ2n) is 8.21. The van der Waals surface area contributed by atoms with Crippen molar-refractivity contribution in [2.45, 2.75) is 60.5 Å². The number of hydrogen-bond donors (Lipinski definition) is 1. The standard InChI is InChI=1S/C17H13F13O4/c18-10(19)12(20,21)15(26,27)13(22,23)11(5-33-16(32,14(11,24)25)17(28,29)30)34-9(31)8-4-6-1-2-7(8)3-6/h1-2,6-8,10,32H,3-5H2. The fourth-order valence-corrected chi connectivity index (χ4v) is 4.27. The zero-order valence-corrected chi connectivity index (χ0v) is 16.2. The summed E-state index contributed by atoms with van der Waals surface area (Å²) in [7, 11) is 0. The molecule has 1 saturated carbocycles. The van der Waals surface area contributed by atoms with Gasteiger partial charge in [0.25, 0.3) is 5.60 Å². The zero-order chi connectivity index (χ0) is 26.3. The first-order valence-corrected chi connectivity index (χ1v) is 9.24. The number of carbonyl (C=O) groups is 1. The molecule has 17 heteroatoms. The molecule has 0 spiro atoms. The maximum absolute atomic E-state index is 14.8. The molecule has 3 rings (SSSR count). The van der Waals surface area contributed by atoms with Crippen molar-refractivity contribution >= 4 is 5.97 Å². The lowest BCUT2D eigenvalue weighted by molar-refractivity contribution is -0.433. The van der Waals surface area contributed by atoms with Crippen molar-refractivity contribution < 1.29 is 76.5 Å². The largest absolute Gasteiger partial charge is 0.449 e. The second kappa shape index (κ2) is 7.36. The Morgan fingerprint density at radius 3 is 1.94 bits per heavy atom. The molecule has 0 aromatic carbocycles. The van der Waals surface area contributed by atoms with Gasteiger partial charge in [0.2, 0.25) is 0 Å². The summed E-state index contributed by atoms with van der Waals surface area (Å²) in [4.78, 5) is 12.4. The first kappa shape index (κ1) is 26.8. The van der Waals surface area contributed by atoms with Crippen LogP contribution in [0.25, 0.3) is 0 Å². The number of alkyl halides is 13. The highest BCUT2D eigenvalue weighted by Crippen LogP contribution is 2.64. The average Bonchev–Trinajstić information content (AvgIpc) is 3.36. The van der Waals surface area contributed by atoms with Crippen LogP contribution in [0.1, 0.15) is 12.8 Å². The highest BCUT2D eigenvalue weighted by molar-refractivity contribution is 5.75. The minimum Gasteiger partial charge on any atom is -0.443 e. The van der Waals surface area contributed by atoms with Gasteiger partial charge in [0.05, 0.1) is 5.92 Å². The van der Waals surface area contributed by atoms with E-state index in [1.165, 1.54) is 12.2 Å². The molecule has 1 saturated heterocycles. The number of ether oxygens (including phenoxy) is 2. The quantitative estimate of drug-likeness (QED) is 0.312. The van der Waals surface area contributed by atoms with Gasteiger partial charge >= 0.3 is 48.0 Å². The van der Waals surface area contributed by atoms with Gasteiger partial charge in [-0.2, -0.15) is 48.3 Å². The summed E-state index contributed by atoms with van der Waals surface area (Å²) in [5, 5.41) is 9.30. The van der Waals surface area contributed by atoms with Crippen LogP contribution in [0.3, 0.4) is 0 Å². The molecule has 0 aromatic rings.